The molecular weight excluding hydrogens is 420 g/mol. The lowest BCUT2D eigenvalue weighted by Gasteiger charge is -2.32. The zero-order chi connectivity index (χ0) is 24.3. The predicted molar refractivity (Wildman–Crippen MR) is 136 cm³/mol. The molecule has 0 aliphatic carbocycles. The van der Waals surface area contributed by atoms with Gasteiger partial charge in [0, 0.05) is 27.4 Å². The Labute approximate surface area is 200 Å². The van der Waals surface area contributed by atoms with Crippen molar-refractivity contribution >= 4 is 14.8 Å². The van der Waals surface area contributed by atoms with Crippen LogP contribution in [0, 0.1) is 11.3 Å². The summed E-state index contributed by atoms with van der Waals surface area (Å²) in [6.07, 6.45) is 19.7. The minimum absolute atomic E-state index is 0.207. The van der Waals surface area contributed by atoms with E-state index < -0.39 is 14.8 Å². The highest BCUT2D eigenvalue weighted by Gasteiger charge is 2.39. The average molecular weight is 475 g/mol. The SMILES string of the molecule is CCCCCCCCCCCCCCCC(C)(C)C(CCC[Si](OC)(OC)OC)C(=O)O. The molecule has 0 aliphatic heterocycles. The highest BCUT2D eigenvalue weighted by atomic mass is 28.4. The van der Waals surface area contributed by atoms with Crippen molar-refractivity contribution in [2.45, 2.75) is 130 Å². The van der Waals surface area contributed by atoms with Crippen LogP contribution < -0.4 is 0 Å². The first-order valence-corrected chi connectivity index (χ1v) is 15.1. The Morgan fingerprint density at radius 2 is 1.16 bits per heavy atom. The number of hydrogen-bond acceptors (Lipinski definition) is 4. The predicted octanol–water partition coefficient (Wildman–Crippen LogP) is 7.85. The summed E-state index contributed by atoms with van der Waals surface area (Å²) in [4.78, 5) is 12.0. The molecule has 0 aromatic rings. The summed E-state index contributed by atoms with van der Waals surface area (Å²) < 4.78 is 16.4. The second-order valence-electron chi connectivity index (χ2n) is 10.1. The molecule has 192 valence electrons. The van der Waals surface area contributed by atoms with Crippen LogP contribution in [0.25, 0.3) is 0 Å². The Bertz CT molecular complexity index is 443. The van der Waals surface area contributed by atoms with E-state index in [4.69, 9.17) is 13.3 Å². The van der Waals surface area contributed by atoms with Crippen molar-refractivity contribution in [1.29, 1.82) is 0 Å². The molecule has 0 rings (SSSR count). The fourth-order valence-electron chi connectivity index (χ4n) is 4.70. The van der Waals surface area contributed by atoms with E-state index in [-0.39, 0.29) is 11.3 Å². The van der Waals surface area contributed by atoms with Crippen molar-refractivity contribution < 1.29 is 23.2 Å². The van der Waals surface area contributed by atoms with E-state index >= 15 is 0 Å². The van der Waals surface area contributed by atoms with Crippen LogP contribution in [0.1, 0.15) is 124 Å². The summed E-state index contributed by atoms with van der Waals surface area (Å²) in [6.45, 7) is 6.49. The van der Waals surface area contributed by atoms with Gasteiger partial charge in [0.1, 0.15) is 0 Å². The standard InChI is InChI=1S/C26H54O5Si/c1-7-8-9-10-11-12-13-14-15-16-17-18-19-22-26(2,3)24(25(27)28)21-20-23-32(29-4,30-5)31-6/h24H,7-23H2,1-6H3,(H,27,28). The van der Waals surface area contributed by atoms with Crippen molar-refractivity contribution in [2.75, 3.05) is 21.3 Å². The van der Waals surface area contributed by atoms with Gasteiger partial charge in [0.15, 0.2) is 0 Å². The van der Waals surface area contributed by atoms with E-state index in [1.54, 1.807) is 21.3 Å². The molecule has 0 saturated carbocycles. The topological polar surface area (TPSA) is 65.0 Å². The van der Waals surface area contributed by atoms with Crippen LogP contribution in [0.3, 0.4) is 0 Å². The Morgan fingerprint density at radius 3 is 1.53 bits per heavy atom. The zero-order valence-corrected chi connectivity index (χ0v) is 23.2. The molecule has 0 bridgehead atoms. The van der Waals surface area contributed by atoms with E-state index in [1.807, 2.05) is 0 Å². The molecule has 0 aromatic carbocycles. The van der Waals surface area contributed by atoms with E-state index in [0.29, 0.717) is 12.5 Å². The van der Waals surface area contributed by atoms with Crippen molar-refractivity contribution in [2.24, 2.45) is 11.3 Å². The molecule has 1 N–H and O–H groups in total. The number of carboxylic acid groups (broad SMARTS) is 1. The normalized spacial score (nSPS) is 13.4. The summed E-state index contributed by atoms with van der Waals surface area (Å²) in [5.41, 5.74) is -0.207. The quantitative estimate of drug-likeness (QED) is 0.121. The molecular formula is C26H54O5Si. The molecule has 0 heterocycles. The van der Waals surface area contributed by atoms with Gasteiger partial charge in [0.2, 0.25) is 0 Å². The van der Waals surface area contributed by atoms with Gasteiger partial charge in [-0.1, -0.05) is 104 Å². The first kappa shape index (κ1) is 31.6. The molecule has 0 saturated heterocycles. The number of carbonyl (C=O) groups is 1. The van der Waals surface area contributed by atoms with Gasteiger partial charge >= 0.3 is 14.8 Å². The number of unbranched alkanes of at least 4 members (excludes halogenated alkanes) is 12. The molecule has 32 heavy (non-hydrogen) atoms. The molecule has 0 aliphatic rings. The Kier molecular flexibility index (Phi) is 18.7. The Morgan fingerprint density at radius 1 is 0.750 bits per heavy atom. The van der Waals surface area contributed by atoms with Gasteiger partial charge in [-0.2, -0.15) is 0 Å². The minimum Gasteiger partial charge on any atom is -0.481 e. The average Bonchev–Trinajstić information content (AvgIpc) is 2.77. The lowest BCUT2D eigenvalue weighted by Crippen LogP contribution is -2.43. The summed E-state index contributed by atoms with van der Waals surface area (Å²) in [5, 5.41) is 9.83. The highest BCUT2D eigenvalue weighted by Crippen LogP contribution is 2.37. The van der Waals surface area contributed by atoms with Gasteiger partial charge in [-0.3, -0.25) is 4.79 Å². The van der Waals surface area contributed by atoms with Crippen LogP contribution in [0.4, 0.5) is 0 Å². The van der Waals surface area contributed by atoms with Gasteiger partial charge in [0.05, 0.1) is 5.92 Å². The van der Waals surface area contributed by atoms with E-state index in [0.717, 1.165) is 19.3 Å². The highest BCUT2D eigenvalue weighted by molar-refractivity contribution is 6.60. The lowest BCUT2D eigenvalue weighted by atomic mass is 9.73. The summed E-state index contributed by atoms with van der Waals surface area (Å²) >= 11 is 0. The van der Waals surface area contributed by atoms with Crippen LogP contribution in [-0.2, 0) is 18.1 Å². The molecule has 5 nitrogen and oxygen atoms in total. The maximum Gasteiger partial charge on any atom is 0.500 e. The third-order valence-corrected chi connectivity index (χ3v) is 9.91. The number of rotatable bonds is 23. The van der Waals surface area contributed by atoms with Gasteiger partial charge in [-0.15, -0.1) is 0 Å². The van der Waals surface area contributed by atoms with Gasteiger partial charge < -0.3 is 18.4 Å². The molecule has 0 amide bonds. The van der Waals surface area contributed by atoms with E-state index in [2.05, 4.69) is 20.8 Å². The molecule has 1 atom stereocenters. The van der Waals surface area contributed by atoms with Gasteiger partial charge in [-0.25, -0.2) is 0 Å². The van der Waals surface area contributed by atoms with Crippen molar-refractivity contribution in [1.82, 2.24) is 0 Å². The molecule has 0 aromatic heterocycles. The lowest BCUT2D eigenvalue weighted by molar-refractivity contribution is -0.146. The Hall–Kier alpha value is -0.433. The van der Waals surface area contributed by atoms with E-state index in [1.165, 1.54) is 77.0 Å². The summed E-state index contributed by atoms with van der Waals surface area (Å²) in [6, 6.07) is 0.648. The largest absolute Gasteiger partial charge is 0.500 e. The van der Waals surface area contributed by atoms with Crippen molar-refractivity contribution in [3.8, 4) is 0 Å². The molecule has 0 fully saturated rings. The maximum absolute atomic E-state index is 12.0. The zero-order valence-electron chi connectivity index (χ0n) is 22.2. The fourth-order valence-corrected chi connectivity index (χ4v) is 6.45. The third kappa shape index (κ3) is 14.0. The van der Waals surface area contributed by atoms with E-state index in [9.17, 15) is 9.90 Å². The van der Waals surface area contributed by atoms with Crippen molar-refractivity contribution in [3.63, 3.8) is 0 Å². The number of carboxylic acids is 1. The van der Waals surface area contributed by atoms with Crippen LogP contribution in [0.15, 0.2) is 0 Å². The number of aliphatic carboxylic acids is 1. The monoisotopic (exact) mass is 474 g/mol. The van der Waals surface area contributed by atoms with Crippen LogP contribution in [-0.4, -0.2) is 41.2 Å². The smallest absolute Gasteiger partial charge is 0.481 e. The molecule has 1 unspecified atom stereocenters. The molecule has 0 radical (unpaired) electrons. The minimum atomic E-state index is -2.63. The van der Waals surface area contributed by atoms with Crippen LogP contribution in [0.2, 0.25) is 6.04 Å². The van der Waals surface area contributed by atoms with Gasteiger partial charge in [0.25, 0.3) is 0 Å². The molecule has 0 spiro atoms. The van der Waals surface area contributed by atoms with Gasteiger partial charge in [-0.05, 0) is 24.7 Å². The third-order valence-electron chi connectivity index (χ3n) is 7.07. The van der Waals surface area contributed by atoms with Crippen molar-refractivity contribution in [3.05, 3.63) is 0 Å². The number of hydrogen-bond donors (Lipinski definition) is 1. The second kappa shape index (κ2) is 18.9. The summed E-state index contributed by atoms with van der Waals surface area (Å²) in [7, 11) is 2.18. The first-order chi connectivity index (χ1) is 15.3. The molecule has 6 heteroatoms. The fraction of sp³-hybridized carbons (Fsp3) is 0.962. The van der Waals surface area contributed by atoms with Crippen LogP contribution >= 0.6 is 0 Å². The first-order valence-electron chi connectivity index (χ1n) is 13.2. The Balaban J connectivity index is 4.04. The van der Waals surface area contributed by atoms with Crippen LogP contribution in [0.5, 0.6) is 0 Å². The summed E-state index contributed by atoms with van der Waals surface area (Å²) in [5.74, 6) is -1.04. The maximum atomic E-state index is 12.0. The second-order valence-corrected chi connectivity index (χ2v) is 13.2.